The van der Waals surface area contributed by atoms with Crippen LogP contribution in [0.1, 0.15) is 30.4 Å². The van der Waals surface area contributed by atoms with E-state index in [-0.39, 0.29) is 0 Å². The summed E-state index contributed by atoms with van der Waals surface area (Å²) in [4.78, 5) is 2.32. The summed E-state index contributed by atoms with van der Waals surface area (Å²) >= 11 is 0. The Hall–Kier alpha value is -2.13. The standard InChI is InChI=1S/C20H23N2O/c1-16-9-5-6-12-18(16)21-15-20(23,17-10-3-2-4-11-17)22-14-8-7-13-19(21)22/h2-6,9-12,23H,7-8,13-15H2,1H3/q+1/t20-/m0/s1. The summed E-state index contributed by atoms with van der Waals surface area (Å²) in [6.07, 6.45) is 3.36. The molecule has 0 aliphatic carbocycles. The molecule has 3 heteroatoms. The van der Waals surface area contributed by atoms with Crippen LogP contribution in [0.25, 0.3) is 0 Å². The third-order valence-electron chi connectivity index (χ3n) is 5.12. The predicted molar refractivity (Wildman–Crippen MR) is 92.8 cm³/mol. The van der Waals surface area contributed by atoms with Crippen LogP contribution in [0.15, 0.2) is 54.6 Å². The fourth-order valence-corrected chi connectivity index (χ4v) is 3.94. The van der Waals surface area contributed by atoms with E-state index in [0.717, 1.165) is 24.9 Å². The van der Waals surface area contributed by atoms with Crippen LogP contribution in [0.4, 0.5) is 5.69 Å². The minimum Gasteiger partial charge on any atom is -0.346 e. The molecule has 0 spiro atoms. The van der Waals surface area contributed by atoms with Crippen molar-refractivity contribution in [1.29, 1.82) is 0 Å². The Balaban J connectivity index is 1.83. The lowest BCUT2D eigenvalue weighted by atomic mass is 10.0. The fraction of sp³-hybridized carbons (Fsp3) is 0.350. The first kappa shape index (κ1) is 14.5. The number of rotatable bonds is 2. The number of benzene rings is 2. The molecule has 2 aliphatic heterocycles. The van der Waals surface area contributed by atoms with Gasteiger partial charge in [0.2, 0.25) is 0 Å². The third-order valence-corrected chi connectivity index (χ3v) is 5.12. The highest BCUT2D eigenvalue weighted by Crippen LogP contribution is 2.36. The van der Waals surface area contributed by atoms with Crippen molar-refractivity contribution in [3.05, 3.63) is 65.7 Å². The van der Waals surface area contributed by atoms with E-state index in [4.69, 9.17) is 0 Å². The van der Waals surface area contributed by atoms with E-state index in [2.05, 4.69) is 40.7 Å². The third kappa shape index (κ3) is 2.27. The molecule has 0 saturated carbocycles. The molecule has 0 amide bonds. The molecule has 1 atom stereocenters. The lowest BCUT2D eigenvalue weighted by Gasteiger charge is -2.24. The van der Waals surface area contributed by atoms with Crippen LogP contribution in [0, 0.1) is 6.92 Å². The van der Waals surface area contributed by atoms with Gasteiger partial charge in [-0.15, -0.1) is 0 Å². The molecular formula is C20H23N2O+. The van der Waals surface area contributed by atoms with Crippen molar-refractivity contribution >= 4 is 11.5 Å². The van der Waals surface area contributed by atoms with E-state index in [9.17, 15) is 5.11 Å². The zero-order valence-corrected chi connectivity index (χ0v) is 13.6. The second-order valence-electron chi connectivity index (χ2n) is 6.58. The molecule has 23 heavy (non-hydrogen) atoms. The molecular weight excluding hydrogens is 284 g/mol. The van der Waals surface area contributed by atoms with Crippen LogP contribution in [0.5, 0.6) is 0 Å². The van der Waals surface area contributed by atoms with Crippen LogP contribution < -0.4 is 4.90 Å². The summed E-state index contributed by atoms with van der Waals surface area (Å²) in [6.45, 7) is 3.66. The van der Waals surface area contributed by atoms with E-state index >= 15 is 0 Å². The Morgan fingerprint density at radius 2 is 1.74 bits per heavy atom. The molecule has 2 aromatic rings. The topological polar surface area (TPSA) is 26.5 Å². The summed E-state index contributed by atoms with van der Waals surface area (Å²) in [5, 5.41) is 11.5. The van der Waals surface area contributed by atoms with Gasteiger partial charge in [0, 0.05) is 12.0 Å². The highest BCUT2D eigenvalue weighted by molar-refractivity contribution is 5.96. The Morgan fingerprint density at radius 3 is 2.52 bits per heavy atom. The first-order chi connectivity index (χ1) is 11.2. The van der Waals surface area contributed by atoms with Gasteiger partial charge in [0.25, 0.3) is 11.6 Å². The summed E-state index contributed by atoms with van der Waals surface area (Å²) in [7, 11) is 0. The van der Waals surface area contributed by atoms with Gasteiger partial charge in [-0.05, 0) is 31.4 Å². The molecule has 0 radical (unpaired) electrons. The highest BCUT2D eigenvalue weighted by atomic mass is 16.3. The minimum atomic E-state index is -0.931. The maximum Gasteiger partial charge on any atom is 0.271 e. The molecule has 118 valence electrons. The number of β-amino-alcohol motifs (C(OH)–C–C–N with tert-alkyl or cyclic N) is 1. The Morgan fingerprint density at radius 1 is 1.00 bits per heavy atom. The van der Waals surface area contributed by atoms with Crippen molar-refractivity contribution in [2.45, 2.75) is 31.9 Å². The van der Waals surface area contributed by atoms with Crippen LogP contribution >= 0.6 is 0 Å². The number of aryl methyl sites for hydroxylation is 1. The van der Waals surface area contributed by atoms with Gasteiger partial charge in [0.05, 0.1) is 6.54 Å². The molecule has 0 bridgehead atoms. The molecule has 2 heterocycles. The monoisotopic (exact) mass is 307 g/mol. The molecule has 1 N–H and O–H groups in total. The van der Waals surface area contributed by atoms with Crippen LogP contribution in [0.3, 0.4) is 0 Å². The molecule has 4 rings (SSSR count). The van der Waals surface area contributed by atoms with Crippen LogP contribution in [-0.4, -0.2) is 28.6 Å². The first-order valence-corrected chi connectivity index (χ1v) is 8.45. The molecule has 2 aliphatic rings. The summed E-state index contributed by atoms with van der Waals surface area (Å²) in [5.74, 6) is 1.26. The van der Waals surface area contributed by atoms with E-state index in [1.807, 2.05) is 30.3 Å². The SMILES string of the molecule is Cc1ccccc1N1C[C@](O)(c2ccccc2)[N+]2=C1CCCC2. The van der Waals surface area contributed by atoms with Crippen molar-refractivity contribution in [3.8, 4) is 0 Å². The van der Waals surface area contributed by atoms with Crippen molar-refractivity contribution < 1.29 is 9.68 Å². The molecule has 0 unspecified atom stereocenters. The fourth-order valence-electron chi connectivity index (χ4n) is 3.94. The van der Waals surface area contributed by atoms with Gasteiger partial charge < -0.3 is 5.11 Å². The zero-order chi connectivity index (χ0) is 15.9. The van der Waals surface area contributed by atoms with Gasteiger partial charge in [-0.1, -0.05) is 48.5 Å². The Kier molecular flexibility index (Phi) is 3.46. The molecule has 3 nitrogen and oxygen atoms in total. The molecule has 2 aromatic carbocycles. The van der Waals surface area contributed by atoms with Crippen LogP contribution in [-0.2, 0) is 5.72 Å². The maximum absolute atomic E-state index is 11.5. The largest absolute Gasteiger partial charge is 0.346 e. The number of amidine groups is 1. The average molecular weight is 307 g/mol. The van der Waals surface area contributed by atoms with Crippen molar-refractivity contribution in [1.82, 2.24) is 0 Å². The van der Waals surface area contributed by atoms with Gasteiger partial charge in [0.15, 0.2) is 6.54 Å². The van der Waals surface area contributed by atoms with Crippen molar-refractivity contribution in [2.75, 3.05) is 18.0 Å². The number of aliphatic hydroxyl groups is 1. The number of anilines is 1. The van der Waals surface area contributed by atoms with E-state index in [0.29, 0.717) is 6.54 Å². The second-order valence-corrected chi connectivity index (χ2v) is 6.58. The summed E-state index contributed by atoms with van der Waals surface area (Å²) < 4.78 is 2.22. The maximum atomic E-state index is 11.5. The average Bonchev–Trinajstić information content (AvgIpc) is 2.91. The summed E-state index contributed by atoms with van der Waals surface area (Å²) in [6, 6.07) is 18.5. The molecule has 0 fully saturated rings. The van der Waals surface area contributed by atoms with E-state index in [1.54, 1.807) is 0 Å². The van der Waals surface area contributed by atoms with Crippen LogP contribution in [0.2, 0.25) is 0 Å². The normalized spacial score (nSPS) is 24.0. The summed E-state index contributed by atoms with van der Waals surface area (Å²) in [5.41, 5.74) is 2.51. The number of nitrogens with zero attached hydrogens (tertiary/aromatic N) is 2. The second kappa shape index (κ2) is 5.50. The predicted octanol–water partition coefficient (Wildman–Crippen LogP) is 3.26. The quantitative estimate of drug-likeness (QED) is 0.862. The van der Waals surface area contributed by atoms with Crippen molar-refractivity contribution in [2.24, 2.45) is 0 Å². The van der Waals surface area contributed by atoms with E-state index < -0.39 is 5.72 Å². The Labute approximate surface area is 137 Å². The molecule has 0 saturated heterocycles. The Bertz CT molecular complexity index is 753. The van der Waals surface area contributed by atoms with Gasteiger partial charge in [-0.2, -0.15) is 0 Å². The van der Waals surface area contributed by atoms with Gasteiger partial charge >= 0.3 is 0 Å². The van der Waals surface area contributed by atoms with Crippen molar-refractivity contribution in [3.63, 3.8) is 0 Å². The highest BCUT2D eigenvalue weighted by Gasteiger charge is 2.52. The zero-order valence-electron chi connectivity index (χ0n) is 13.6. The van der Waals surface area contributed by atoms with E-state index in [1.165, 1.54) is 23.5 Å². The lowest BCUT2D eigenvalue weighted by Crippen LogP contribution is -2.41. The lowest BCUT2D eigenvalue weighted by molar-refractivity contribution is -0.661. The van der Waals surface area contributed by atoms with Gasteiger partial charge in [-0.3, -0.25) is 0 Å². The molecule has 0 aromatic heterocycles. The van der Waals surface area contributed by atoms with Gasteiger partial charge in [-0.25, -0.2) is 9.48 Å². The van der Waals surface area contributed by atoms with Gasteiger partial charge in [0.1, 0.15) is 5.69 Å². The first-order valence-electron chi connectivity index (χ1n) is 8.45. The number of para-hydroxylation sites is 1. The smallest absolute Gasteiger partial charge is 0.271 e. The minimum absolute atomic E-state index is 0.594. The number of hydrogen-bond acceptors (Lipinski definition) is 2. The number of hydrogen-bond donors (Lipinski definition) is 1.